The lowest BCUT2D eigenvalue weighted by molar-refractivity contribution is 0.0951. The van der Waals surface area contributed by atoms with Crippen LogP contribution >= 0.6 is 0 Å². The summed E-state index contributed by atoms with van der Waals surface area (Å²) >= 11 is 0. The fourth-order valence-electron chi connectivity index (χ4n) is 2.81. The van der Waals surface area contributed by atoms with Crippen LogP contribution in [0.4, 0.5) is 4.39 Å². The van der Waals surface area contributed by atoms with Gasteiger partial charge in [0, 0.05) is 24.0 Å². The number of benzene rings is 1. The first-order valence-corrected chi connectivity index (χ1v) is 7.49. The average Bonchev–Trinajstić information content (AvgIpc) is 3.18. The molecule has 5 heteroatoms. The number of nitrogens with zero attached hydrogens (tertiary/aromatic N) is 2. The van der Waals surface area contributed by atoms with Crippen molar-refractivity contribution in [3.63, 3.8) is 0 Å². The second-order valence-corrected chi connectivity index (χ2v) is 5.51. The van der Waals surface area contributed by atoms with Crippen LogP contribution in [0.2, 0.25) is 0 Å². The van der Waals surface area contributed by atoms with Crippen LogP contribution in [0.5, 0.6) is 0 Å². The second-order valence-electron chi connectivity index (χ2n) is 5.51. The summed E-state index contributed by atoms with van der Waals surface area (Å²) in [5.41, 5.74) is 3.25. The molecule has 1 N–H and O–H groups in total. The number of rotatable bonds is 4. The quantitative estimate of drug-likeness (QED) is 0.681. The van der Waals surface area contributed by atoms with Crippen molar-refractivity contribution in [2.24, 2.45) is 5.10 Å². The molecule has 0 bridgehead atoms. The van der Waals surface area contributed by atoms with Crippen LogP contribution in [0.15, 0.2) is 47.8 Å². The van der Waals surface area contributed by atoms with Crippen LogP contribution in [0.3, 0.4) is 0 Å². The van der Waals surface area contributed by atoms with E-state index in [9.17, 15) is 9.18 Å². The zero-order valence-electron chi connectivity index (χ0n) is 12.2. The van der Waals surface area contributed by atoms with E-state index in [1.807, 2.05) is 18.5 Å². The normalized spacial score (nSPS) is 15.5. The molecule has 0 radical (unpaired) electrons. The minimum absolute atomic E-state index is 0.0109. The predicted molar refractivity (Wildman–Crippen MR) is 83.4 cm³/mol. The first-order chi connectivity index (χ1) is 10.7. The lowest BCUT2D eigenvalue weighted by Gasteiger charge is -2.10. The van der Waals surface area contributed by atoms with Gasteiger partial charge in [0.2, 0.25) is 0 Å². The van der Waals surface area contributed by atoms with Gasteiger partial charge in [-0.25, -0.2) is 9.82 Å². The number of hydrazone groups is 1. The van der Waals surface area contributed by atoms with Crippen LogP contribution in [0, 0.1) is 5.82 Å². The number of amides is 1. The third kappa shape index (κ3) is 3.24. The molecule has 1 amide bonds. The first-order valence-electron chi connectivity index (χ1n) is 7.49. The molecule has 1 aliphatic rings. The highest BCUT2D eigenvalue weighted by molar-refractivity contribution is 5.95. The highest BCUT2D eigenvalue weighted by Gasteiger charge is 2.16. The molecule has 0 unspecified atom stereocenters. The van der Waals surface area contributed by atoms with Crippen LogP contribution in [-0.4, -0.2) is 16.7 Å². The topological polar surface area (TPSA) is 46.4 Å². The Morgan fingerprint density at radius 3 is 2.82 bits per heavy atom. The number of hydrogen-bond acceptors (Lipinski definition) is 2. The van der Waals surface area contributed by atoms with Gasteiger partial charge in [0.05, 0.1) is 11.8 Å². The van der Waals surface area contributed by atoms with Gasteiger partial charge in [-0.3, -0.25) is 4.79 Å². The molecule has 114 valence electrons. The van der Waals surface area contributed by atoms with Crippen molar-refractivity contribution in [3.05, 3.63) is 59.7 Å². The molecule has 0 saturated heterocycles. The zero-order valence-corrected chi connectivity index (χ0v) is 12.2. The third-order valence-corrected chi connectivity index (χ3v) is 3.98. The minimum Gasteiger partial charge on any atom is -0.351 e. The van der Waals surface area contributed by atoms with Crippen molar-refractivity contribution in [2.45, 2.75) is 31.7 Å². The summed E-state index contributed by atoms with van der Waals surface area (Å²) in [6.07, 6.45) is 10.6. The van der Waals surface area contributed by atoms with Crippen LogP contribution < -0.4 is 5.43 Å². The zero-order chi connectivity index (χ0) is 15.4. The van der Waals surface area contributed by atoms with Gasteiger partial charge < -0.3 is 4.57 Å². The van der Waals surface area contributed by atoms with E-state index >= 15 is 0 Å². The number of hydrogen-bond donors (Lipinski definition) is 1. The molecule has 1 saturated carbocycles. The average molecular weight is 299 g/mol. The van der Waals surface area contributed by atoms with E-state index < -0.39 is 11.7 Å². The van der Waals surface area contributed by atoms with Gasteiger partial charge in [-0.15, -0.1) is 0 Å². The largest absolute Gasteiger partial charge is 0.351 e. The summed E-state index contributed by atoms with van der Waals surface area (Å²) in [6, 6.07) is 8.37. The summed E-state index contributed by atoms with van der Waals surface area (Å²) in [5, 5.41) is 3.89. The molecule has 4 nitrogen and oxygen atoms in total. The molecule has 0 spiro atoms. The Morgan fingerprint density at radius 1 is 1.27 bits per heavy atom. The number of nitrogens with one attached hydrogen (secondary N) is 1. The molecule has 22 heavy (non-hydrogen) atoms. The molecule has 1 aromatic heterocycles. The minimum atomic E-state index is -0.553. The van der Waals surface area contributed by atoms with E-state index in [1.165, 1.54) is 37.8 Å². The number of carbonyl (C=O) groups excluding carboxylic acids is 1. The van der Waals surface area contributed by atoms with Crippen molar-refractivity contribution >= 4 is 12.1 Å². The number of carbonyl (C=O) groups is 1. The van der Waals surface area contributed by atoms with Gasteiger partial charge in [-0.05, 0) is 31.0 Å². The fraction of sp³-hybridized carbons (Fsp3) is 0.294. The van der Waals surface area contributed by atoms with Gasteiger partial charge in [0.25, 0.3) is 5.91 Å². The Morgan fingerprint density at radius 2 is 2.05 bits per heavy atom. The summed E-state index contributed by atoms with van der Waals surface area (Å²) in [4.78, 5) is 11.8. The molecular formula is C17H18FN3O. The third-order valence-electron chi connectivity index (χ3n) is 3.98. The predicted octanol–water partition coefficient (Wildman–Crippen LogP) is 3.51. The van der Waals surface area contributed by atoms with Crippen LogP contribution in [0.25, 0.3) is 0 Å². The maximum absolute atomic E-state index is 13.5. The summed E-state index contributed by atoms with van der Waals surface area (Å²) in [6.45, 7) is 0. The Hall–Kier alpha value is -2.43. The van der Waals surface area contributed by atoms with E-state index in [1.54, 1.807) is 18.3 Å². The Labute approximate surface area is 128 Å². The summed E-state index contributed by atoms with van der Waals surface area (Å²) < 4.78 is 15.7. The fourth-order valence-corrected chi connectivity index (χ4v) is 2.81. The maximum atomic E-state index is 13.5. The highest BCUT2D eigenvalue weighted by Crippen LogP contribution is 2.29. The van der Waals surface area contributed by atoms with Crippen LogP contribution in [-0.2, 0) is 0 Å². The molecule has 1 aliphatic carbocycles. The number of aromatic nitrogens is 1. The lowest BCUT2D eigenvalue weighted by atomic mass is 10.2. The Bertz CT molecular complexity index is 687. The van der Waals surface area contributed by atoms with Crippen molar-refractivity contribution < 1.29 is 9.18 Å². The van der Waals surface area contributed by atoms with Gasteiger partial charge in [-0.1, -0.05) is 25.0 Å². The van der Waals surface area contributed by atoms with Crippen molar-refractivity contribution in [2.75, 3.05) is 0 Å². The van der Waals surface area contributed by atoms with Crippen molar-refractivity contribution in [1.82, 2.24) is 9.99 Å². The standard InChI is InChI=1S/C17H18FN3O/c18-16-8-4-3-7-15(16)17(22)20-19-11-13-9-10-21(12-13)14-5-1-2-6-14/h3-4,7-12,14H,1-2,5-6H2,(H,20,22)/b19-11-. The maximum Gasteiger partial charge on any atom is 0.274 e. The summed E-state index contributed by atoms with van der Waals surface area (Å²) in [7, 11) is 0. The first kappa shape index (κ1) is 14.5. The molecule has 0 atom stereocenters. The second kappa shape index (κ2) is 6.56. The smallest absolute Gasteiger partial charge is 0.274 e. The van der Waals surface area contributed by atoms with E-state index in [2.05, 4.69) is 15.1 Å². The molecule has 1 heterocycles. The molecule has 1 fully saturated rings. The molecule has 2 aromatic rings. The van der Waals surface area contributed by atoms with Gasteiger partial charge in [0.15, 0.2) is 0 Å². The molecule has 0 aliphatic heterocycles. The summed E-state index contributed by atoms with van der Waals surface area (Å²) in [5.74, 6) is -1.10. The van der Waals surface area contributed by atoms with Crippen LogP contribution in [0.1, 0.15) is 47.6 Å². The van der Waals surface area contributed by atoms with E-state index in [0.29, 0.717) is 6.04 Å². The van der Waals surface area contributed by atoms with Gasteiger partial charge in [-0.2, -0.15) is 5.10 Å². The monoisotopic (exact) mass is 299 g/mol. The van der Waals surface area contributed by atoms with Gasteiger partial charge in [0.1, 0.15) is 5.82 Å². The highest BCUT2D eigenvalue weighted by atomic mass is 19.1. The lowest BCUT2D eigenvalue weighted by Crippen LogP contribution is -2.18. The van der Waals surface area contributed by atoms with E-state index in [-0.39, 0.29) is 5.56 Å². The molecule has 1 aromatic carbocycles. The Kier molecular flexibility index (Phi) is 4.32. The van der Waals surface area contributed by atoms with Gasteiger partial charge >= 0.3 is 0 Å². The Balaban J connectivity index is 1.60. The van der Waals surface area contributed by atoms with Crippen molar-refractivity contribution in [1.29, 1.82) is 0 Å². The van der Waals surface area contributed by atoms with E-state index in [4.69, 9.17) is 0 Å². The molecule has 3 rings (SSSR count). The van der Waals surface area contributed by atoms with Crippen molar-refractivity contribution in [3.8, 4) is 0 Å². The molecular weight excluding hydrogens is 281 g/mol. The van der Waals surface area contributed by atoms with E-state index in [0.717, 1.165) is 5.56 Å². The SMILES string of the molecule is O=C(N/N=C\c1ccn(C2CCCC2)c1)c1ccccc1F. The number of halogens is 1.